The first-order valence-electron chi connectivity index (χ1n) is 4.03. The summed E-state index contributed by atoms with van der Waals surface area (Å²) in [5, 5.41) is 4.97. The molecule has 0 aromatic carbocycles. The van der Waals surface area contributed by atoms with Crippen LogP contribution in [0, 0.1) is 0 Å². The van der Waals surface area contributed by atoms with E-state index >= 15 is 0 Å². The van der Waals surface area contributed by atoms with Crippen LogP contribution in [-0.4, -0.2) is 48.6 Å². The fourth-order valence-corrected chi connectivity index (χ4v) is 1.06. The highest BCUT2D eigenvalue weighted by atomic mass is 127. The maximum Gasteiger partial charge on any atom is 0.229 e. The van der Waals surface area contributed by atoms with Crippen LogP contribution < -0.4 is 10.6 Å². The van der Waals surface area contributed by atoms with E-state index in [-0.39, 0.29) is 11.8 Å². The van der Waals surface area contributed by atoms with Crippen LogP contribution in [0.2, 0.25) is 0 Å². The summed E-state index contributed by atoms with van der Waals surface area (Å²) in [6.45, 7) is 0. The van der Waals surface area contributed by atoms with Crippen molar-refractivity contribution in [1.82, 2.24) is 10.6 Å². The molecule has 0 unspecified atom stereocenters. The van der Waals surface area contributed by atoms with Gasteiger partial charge in [0.25, 0.3) is 0 Å². The van der Waals surface area contributed by atoms with E-state index in [1.165, 1.54) is 11.8 Å². The molecule has 15 heavy (non-hydrogen) atoms. The summed E-state index contributed by atoms with van der Waals surface area (Å²) in [6, 6.07) is 0. The summed E-state index contributed by atoms with van der Waals surface area (Å²) in [6.07, 6.45) is 3.59. The van der Waals surface area contributed by atoms with E-state index in [2.05, 4.69) is 23.3 Å². The number of halogens is 1. The van der Waals surface area contributed by atoms with Crippen molar-refractivity contribution in [2.45, 2.75) is 0 Å². The molecule has 4 nitrogen and oxygen atoms in total. The molecule has 0 radical (unpaired) electrons. The van der Waals surface area contributed by atoms with Crippen molar-refractivity contribution in [3.05, 3.63) is 0 Å². The van der Waals surface area contributed by atoms with Crippen LogP contribution in [0.5, 0.6) is 0 Å². The molecule has 0 bridgehead atoms. The number of hydrogen-bond donors (Lipinski definition) is 3. The van der Waals surface area contributed by atoms with Crippen molar-refractivity contribution in [2.75, 3.05) is 36.8 Å². The number of alkyl halides is 1. The number of thioether (sulfide) groups is 1. The maximum atomic E-state index is 10.3. The third kappa shape index (κ3) is 25.0. The molecule has 0 rings (SSSR count). The number of carbonyl (C=O) groups is 2. The quantitative estimate of drug-likeness (QED) is 0.394. The van der Waals surface area contributed by atoms with Gasteiger partial charge in [-0.1, -0.05) is 22.6 Å². The van der Waals surface area contributed by atoms with Crippen molar-refractivity contribution in [2.24, 2.45) is 0 Å². The summed E-state index contributed by atoms with van der Waals surface area (Å²) in [4.78, 5) is 20.3. The highest BCUT2D eigenvalue weighted by Crippen LogP contribution is 1.87. The lowest BCUT2D eigenvalue weighted by Gasteiger charge is -1.91. The Morgan fingerprint density at radius 2 is 1.60 bits per heavy atom. The first-order chi connectivity index (χ1) is 7.12. The van der Waals surface area contributed by atoms with E-state index in [0.717, 1.165) is 0 Å². The average Bonchev–Trinajstić information content (AvgIpc) is 2.31. The molecule has 0 spiro atoms. The van der Waals surface area contributed by atoms with Crippen LogP contribution in [0.25, 0.3) is 0 Å². The third-order valence-electron chi connectivity index (χ3n) is 0.954. The zero-order valence-electron chi connectivity index (χ0n) is 9.46. The number of nitrogens with one attached hydrogen (secondary N) is 2. The minimum absolute atomic E-state index is 0.0793. The van der Waals surface area contributed by atoms with E-state index in [9.17, 15) is 9.59 Å². The molecule has 92 valence electrons. The summed E-state index contributed by atoms with van der Waals surface area (Å²) in [5.41, 5.74) is 0. The van der Waals surface area contributed by atoms with Gasteiger partial charge in [0.1, 0.15) is 0 Å². The second kappa shape index (κ2) is 19.9. The smallest absolute Gasteiger partial charge is 0.229 e. The first-order valence-corrected chi connectivity index (χ1v) is 7.84. The van der Waals surface area contributed by atoms with Crippen LogP contribution in [0.3, 0.4) is 0 Å². The number of amides is 2. The minimum Gasteiger partial charge on any atom is -0.359 e. The molecular formula is C8H19IN2O2S2. The number of rotatable bonds is 3. The van der Waals surface area contributed by atoms with E-state index in [1.54, 1.807) is 20.4 Å². The van der Waals surface area contributed by atoms with E-state index < -0.39 is 0 Å². The molecule has 7 heteroatoms. The fraction of sp³-hybridized carbons (Fsp3) is 0.750. The minimum atomic E-state index is 0.0793. The topological polar surface area (TPSA) is 58.2 Å². The first kappa shape index (κ1) is 20.7. The van der Waals surface area contributed by atoms with Crippen molar-refractivity contribution < 1.29 is 9.59 Å². The standard InChI is InChI=1S/C4H9NOS.C3H6INO.CH4S/c1-5-4(6)3-7-2;1-5-3(6)2-4;1-2/h3H2,1-2H3,(H,5,6);2H2,1H3,(H,5,6);2H,1H3. The van der Waals surface area contributed by atoms with Gasteiger partial charge in [0.05, 0.1) is 10.2 Å². The van der Waals surface area contributed by atoms with E-state index in [0.29, 0.717) is 10.2 Å². The number of thiol groups is 1. The molecule has 2 amide bonds. The van der Waals surface area contributed by atoms with Crippen molar-refractivity contribution in [3.8, 4) is 0 Å². The van der Waals surface area contributed by atoms with E-state index in [1.807, 2.05) is 28.8 Å². The molecule has 0 aliphatic heterocycles. The average molecular weight is 366 g/mol. The molecule has 2 N–H and O–H groups in total. The van der Waals surface area contributed by atoms with Gasteiger partial charge in [-0.2, -0.15) is 24.4 Å². The van der Waals surface area contributed by atoms with Crippen LogP contribution in [0.1, 0.15) is 0 Å². The van der Waals surface area contributed by atoms with Crippen molar-refractivity contribution in [1.29, 1.82) is 0 Å². The molecule has 0 aromatic heterocycles. The summed E-state index contributed by atoms with van der Waals surface area (Å²) in [7, 11) is 3.26. The zero-order chi connectivity index (χ0) is 12.7. The third-order valence-corrected chi connectivity index (χ3v) is 2.20. The van der Waals surface area contributed by atoms with Gasteiger partial charge < -0.3 is 10.6 Å². The Labute approximate surface area is 115 Å². The molecule has 0 aliphatic rings. The normalized spacial score (nSPS) is 7.33. The van der Waals surface area contributed by atoms with Gasteiger partial charge >= 0.3 is 0 Å². The van der Waals surface area contributed by atoms with Crippen LogP contribution in [0.4, 0.5) is 0 Å². The lowest BCUT2D eigenvalue weighted by Crippen LogP contribution is -2.19. The monoisotopic (exact) mass is 366 g/mol. The molecule has 0 heterocycles. The van der Waals surface area contributed by atoms with Gasteiger partial charge in [-0.15, -0.1) is 0 Å². The lowest BCUT2D eigenvalue weighted by molar-refractivity contribution is -0.118. The predicted octanol–water partition coefficient (Wildman–Crippen LogP) is 0.809. The van der Waals surface area contributed by atoms with Gasteiger partial charge in [-0.05, 0) is 12.5 Å². The Balaban J connectivity index is -0.000000166. The van der Waals surface area contributed by atoms with Gasteiger partial charge in [0.2, 0.25) is 11.8 Å². The molecule has 0 saturated carbocycles. The second-order valence-corrected chi connectivity index (χ2v) is 3.54. The highest BCUT2D eigenvalue weighted by Gasteiger charge is 1.90. The largest absolute Gasteiger partial charge is 0.359 e. The maximum absolute atomic E-state index is 10.3. The Bertz CT molecular complexity index is 154. The molecule has 0 saturated heterocycles. The van der Waals surface area contributed by atoms with Gasteiger partial charge in [0, 0.05) is 14.1 Å². The Morgan fingerprint density at radius 1 is 1.20 bits per heavy atom. The summed E-state index contributed by atoms with van der Waals surface area (Å²) >= 11 is 7.05. The van der Waals surface area contributed by atoms with Crippen LogP contribution >= 0.6 is 47.0 Å². The Morgan fingerprint density at radius 3 is 1.67 bits per heavy atom. The highest BCUT2D eigenvalue weighted by molar-refractivity contribution is 14.1. The van der Waals surface area contributed by atoms with Crippen molar-refractivity contribution >= 4 is 58.8 Å². The molecule has 0 fully saturated rings. The second-order valence-electron chi connectivity index (χ2n) is 1.91. The summed E-state index contributed by atoms with van der Waals surface area (Å²) in [5.74, 6) is 0.736. The lowest BCUT2D eigenvalue weighted by atomic mass is 10.7. The van der Waals surface area contributed by atoms with Gasteiger partial charge in [-0.25, -0.2) is 0 Å². The summed E-state index contributed by atoms with van der Waals surface area (Å²) < 4.78 is 0.550. The van der Waals surface area contributed by atoms with E-state index in [4.69, 9.17) is 0 Å². The zero-order valence-corrected chi connectivity index (χ0v) is 13.3. The number of carbonyl (C=O) groups excluding carboxylic acids is 2. The SMILES string of the molecule is CNC(=O)CI.CNC(=O)CSC.CS. The molecular weight excluding hydrogens is 347 g/mol. The number of hydrogen-bond acceptors (Lipinski definition) is 4. The molecule has 0 atom stereocenters. The van der Waals surface area contributed by atoms with Crippen LogP contribution in [0.15, 0.2) is 0 Å². The van der Waals surface area contributed by atoms with Gasteiger partial charge in [0.15, 0.2) is 0 Å². The molecule has 0 aliphatic carbocycles. The fourth-order valence-electron chi connectivity index (χ4n) is 0.270. The molecule has 0 aromatic rings. The van der Waals surface area contributed by atoms with Crippen molar-refractivity contribution in [3.63, 3.8) is 0 Å². The van der Waals surface area contributed by atoms with Crippen LogP contribution in [-0.2, 0) is 9.59 Å². The predicted molar refractivity (Wildman–Crippen MR) is 80.3 cm³/mol. The Hall–Kier alpha value is 0.370. The van der Waals surface area contributed by atoms with Gasteiger partial charge in [-0.3, -0.25) is 9.59 Å². The Kier molecular flexibility index (Phi) is 27.5.